The van der Waals surface area contributed by atoms with E-state index in [1.54, 1.807) is 24.3 Å². The zero-order valence-electron chi connectivity index (χ0n) is 15.2. The molecule has 3 aromatic rings. The number of hydrogen-bond donors (Lipinski definition) is 1. The molecule has 0 aliphatic rings. The molecule has 0 fully saturated rings. The van der Waals surface area contributed by atoms with E-state index < -0.39 is 34.5 Å². The van der Waals surface area contributed by atoms with Crippen molar-refractivity contribution >= 4 is 11.6 Å². The molecule has 1 N–H and O–H groups in total. The third-order valence-electron chi connectivity index (χ3n) is 3.92. The zero-order chi connectivity index (χ0) is 21.0. The second kappa shape index (κ2) is 8.17. The van der Waals surface area contributed by atoms with Gasteiger partial charge in [-0.2, -0.15) is 18.3 Å². The lowest BCUT2D eigenvalue weighted by Gasteiger charge is -2.13. The molecule has 0 radical (unpaired) electrons. The maximum Gasteiger partial charge on any atom is 0.418 e. The molecule has 0 spiro atoms. The van der Waals surface area contributed by atoms with E-state index in [1.807, 2.05) is 6.92 Å². The van der Waals surface area contributed by atoms with Crippen LogP contribution in [-0.2, 0) is 6.18 Å². The Morgan fingerprint density at radius 1 is 1.10 bits per heavy atom. The Hall–Kier alpha value is -3.62. The van der Waals surface area contributed by atoms with Gasteiger partial charge in [0.2, 0.25) is 5.43 Å². The molecule has 0 saturated heterocycles. The number of benzene rings is 2. The molecule has 0 aliphatic heterocycles. The molecule has 1 amide bonds. The number of anilines is 1. The summed E-state index contributed by atoms with van der Waals surface area (Å²) in [5.41, 5.74) is -2.18. The maximum absolute atomic E-state index is 13.1. The average molecular weight is 403 g/mol. The molecular formula is C20H16F3N3O3. The van der Waals surface area contributed by atoms with Crippen molar-refractivity contribution < 1.29 is 22.7 Å². The molecule has 1 heterocycles. The van der Waals surface area contributed by atoms with Crippen LogP contribution >= 0.6 is 0 Å². The Morgan fingerprint density at radius 3 is 2.45 bits per heavy atom. The SMILES string of the molecule is CCOc1ccc(-n2ccc(=O)c(C(=O)Nc3ccccc3C(F)(F)F)n2)cc1. The summed E-state index contributed by atoms with van der Waals surface area (Å²) in [7, 11) is 0. The van der Waals surface area contributed by atoms with Crippen LogP contribution in [0.3, 0.4) is 0 Å². The molecule has 3 rings (SSSR count). The van der Waals surface area contributed by atoms with Crippen molar-refractivity contribution in [2.75, 3.05) is 11.9 Å². The van der Waals surface area contributed by atoms with Crippen LogP contribution < -0.4 is 15.5 Å². The number of rotatable bonds is 5. The number of ether oxygens (including phenoxy) is 1. The van der Waals surface area contributed by atoms with Crippen molar-refractivity contribution in [3.8, 4) is 11.4 Å². The fourth-order valence-electron chi connectivity index (χ4n) is 2.59. The van der Waals surface area contributed by atoms with E-state index in [0.717, 1.165) is 18.2 Å². The number of carbonyl (C=O) groups is 1. The first-order valence-corrected chi connectivity index (χ1v) is 8.60. The number of amides is 1. The molecule has 0 atom stereocenters. The number of hydrogen-bond acceptors (Lipinski definition) is 4. The van der Waals surface area contributed by atoms with Gasteiger partial charge >= 0.3 is 6.18 Å². The Morgan fingerprint density at radius 2 is 1.79 bits per heavy atom. The van der Waals surface area contributed by atoms with Crippen LogP contribution in [0.1, 0.15) is 23.0 Å². The highest BCUT2D eigenvalue weighted by Gasteiger charge is 2.33. The Balaban J connectivity index is 1.91. The number of halogens is 3. The number of alkyl halides is 3. The smallest absolute Gasteiger partial charge is 0.418 e. The first-order valence-electron chi connectivity index (χ1n) is 8.60. The normalized spacial score (nSPS) is 11.2. The fourth-order valence-corrected chi connectivity index (χ4v) is 2.59. The largest absolute Gasteiger partial charge is 0.494 e. The lowest BCUT2D eigenvalue weighted by atomic mass is 10.1. The predicted octanol–water partition coefficient (Wildman–Crippen LogP) is 3.90. The van der Waals surface area contributed by atoms with Gasteiger partial charge in [0.15, 0.2) is 5.69 Å². The van der Waals surface area contributed by atoms with E-state index in [4.69, 9.17) is 4.74 Å². The van der Waals surface area contributed by atoms with Crippen molar-refractivity contribution in [2.45, 2.75) is 13.1 Å². The molecule has 9 heteroatoms. The summed E-state index contributed by atoms with van der Waals surface area (Å²) >= 11 is 0. The van der Waals surface area contributed by atoms with Crippen LogP contribution in [0, 0.1) is 0 Å². The predicted molar refractivity (Wildman–Crippen MR) is 100 cm³/mol. The zero-order valence-corrected chi connectivity index (χ0v) is 15.2. The minimum atomic E-state index is -4.66. The summed E-state index contributed by atoms with van der Waals surface area (Å²) in [4.78, 5) is 24.5. The summed E-state index contributed by atoms with van der Waals surface area (Å²) < 4.78 is 46.0. The molecule has 0 saturated carbocycles. The average Bonchev–Trinajstić information content (AvgIpc) is 2.69. The van der Waals surface area contributed by atoms with Crippen molar-refractivity contribution in [3.63, 3.8) is 0 Å². The van der Waals surface area contributed by atoms with Crippen LogP contribution in [0.15, 0.2) is 65.6 Å². The Labute approximate surface area is 163 Å². The molecule has 6 nitrogen and oxygen atoms in total. The number of para-hydroxylation sites is 1. The van der Waals surface area contributed by atoms with E-state index in [0.29, 0.717) is 18.0 Å². The summed E-state index contributed by atoms with van der Waals surface area (Å²) in [6.45, 7) is 2.35. The number of carbonyl (C=O) groups excluding carboxylic acids is 1. The van der Waals surface area contributed by atoms with E-state index in [2.05, 4.69) is 10.4 Å². The van der Waals surface area contributed by atoms with Gasteiger partial charge in [0.05, 0.1) is 23.5 Å². The second-order valence-corrected chi connectivity index (χ2v) is 5.90. The van der Waals surface area contributed by atoms with Crippen LogP contribution in [0.5, 0.6) is 5.75 Å². The minimum Gasteiger partial charge on any atom is -0.494 e. The first-order chi connectivity index (χ1) is 13.8. The second-order valence-electron chi connectivity index (χ2n) is 5.90. The van der Waals surface area contributed by atoms with Gasteiger partial charge in [0.25, 0.3) is 5.91 Å². The maximum atomic E-state index is 13.1. The van der Waals surface area contributed by atoms with Crippen molar-refractivity contribution in [1.82, 2.24) is 9.78 Å². The van der Waals surface area contributed by atoms with Gasteiger partial charge in [-0.3, -0.25) is 9.59 Å². The Kier molecular flexibility index (Phi) is 5.67. The van der Waals surface area contributed by atoms with Gasteiger partial charge in [0.1, 0.15) is 5.75 Å². The van der Waals surface area contributed by atoms with Crippen molar-refractivity contribution in [1.29, 1.82) is 0 Å². The van der Waals surface area contributed by atoms with Gasteiger partial charge < -0.3 is 10.1 Å². The van der Waals surface area contributed by atoms with Crippen molar-refractivity contribution in [2.24, 2.45) is 0 Å². The van der Waals surface area contributed by atoms with Gasteiger partial charge in [0, 0.05) is 12.3 Å². The third kappa shape index (κ3) is 4.63. The number of aromatic nitrogens is 2. The van der Waals surface area contributed by atoms with Crippen LogP contribution in [-0.4, -0.2) is 22.3 Å². The van der Waals surface area contributed by atoms with Crippen LogP contribution in [0.2, 0.25) is 0 Å². The van der Waals surface area contributed by atoms with Crippen molar-refractivity contribution in [3.05, 3.63) is 82.3 Å². The molecule has 0 aliphatic carbocycles. The van der Waals surface area contributed by atoms with Gasteiger partial charge in [-0.1, -0.05) is 12.1 Å². The quantitative estimate of drug-likeness (QED) is 0.701. The first kappa shape index (κ1) is 20.1. The fraction of sp³-hybridized carbons (Fsp3) is 0.150. The standard InChI is InChI=1S/C20H16F3N3O3/c1-2-29-14-9-7-13(8-10-14)26-12-11-17(27)18(25-26)19(28)24-16-6-4-3-5-15(16)20(21,22)23/h3-12H,2H2,1H3,(H,24,28). The summed E-state index contributed by atoms with van der Waals surface area (Å²) in [6.07, 6.45) is -3.30. The lowest BCUT2D eigenvalue weighted by molar-refractivity contribution is -0.136. The van der Waals surface area contributed by atoms with E-state index in [-0.39, 0.29) is 0 Å². The summed E-state index contributed by atoms with van der Waals surface area (Å²) in [5, 5.41) is 6.10. The highest BCUT2D eigenvalue weighted by atomic mass is 19.4. The van der Waals surface area contributed by atoms with E-state index in [1.165, 1.54) is 23.0 Å². The van der Waals surface area contributed by atoms with Crippen LogP contribution in [0.25, 0.3) is 5.69 Å². The molecule has 2 aromatic carbocycles. The monoisotopic (exact) mass is 403 g/mol. The molecule has 0 bridgehead atoms. The van der Waals surface area contributed by atoms with E-state index >= 15 is 0 Å². The topological polar surface area (TPSA) is 73.2 Å². The van der Waals surface area contributed by atoms with Crippen LogP contribution in [0.4, 0.5) is 18.9 Å². The molecular weight excluding hydrogens is 387 g/mol. The van der Waals surface area contributed by atoms with Gasteiger partial charge in [-0.15, -0.1) is 0 Å². The minimum absolute atomic E-state index is 0.456. The molecule has 29 heavy (non-hydrogen) atoms. The number of nitrogens with one attached hydrogen (secondary N) is 1. The highest BCUT2D eigenvalue weighted by molar-refractivity contribution is 6.03. The molecule has 1 aromatic heterocycles. The Bertz CT molecular complexity index is 1080. The van der Waals surface area contributed by atoms with Gasteiger partial charge in [-0.05, 0) is 43.3 Å². The summed E-state index contributed by atoms with van der Waals surface area (Å²) in [5.74, 6) is -0.397. The number of nitrogens with zero attached hydrogens (tertiary/aromatic N) is 2. The van der Waals surface area contributed by atoms with Gasteiger partial charge in [-0.25, -0.2) is 4.68 Å². The molecule has 0 unspecified atom stereocenters. The lowest BCUT2D eigenvalue weighted by Crippen LogP contribution is -2.26. The van der Waals surface area contributed by atoms with E-state index in [9.17, 15) is 22.8 Å². The third-order valence-corrected chi connectivity index (χ3v) is 3.92. The highest BCUT2D eigenvalue weighted by Crippen LogP contribution is 2.34. The summed E-state index contributed by atoms with van der Waals surface area (Å²) in [6, 6.07) is 12.3. The molecule has 150 valence electrons.